The highest BCUT2D eigenvalue weighted by molar-refractivity contribution is 5.82. The molecule has 96 valence electrons. The van der Waals surface area contributed by atoms with E-state index in [-0.39, 0.29) is 5.95 Å². The van der Waals surface area contributed by atoms with Crippen molar-refractivity contribution in [3.8, 4) is 0 Å². The molecule has 6 nitrogen and oxygen atoms in total. The predicted molar refractivity (Wildman–Crippen MR) is 67.0 cm³/mol. The minimum absolute atomic E-state index is 0.146. The van der Waals surface area contributed by atoms with Gasteiger partial charge in [0.25, 0.3) is 0 Å². The SMILES string of the molecule is CC(C)(C)OC(=O)Nc1ncc(/C=C/C=O)cn1. The van der Waals surface area contributed by atoms with Gasteiger partial charge in [0.05, 0.1) is 0 Å². The van der Waals surface area contributed by atoms with Gasteiger partial charge in [-0.05, 0) is 32.9 Å². The van der Waals surface area contributed by atoms with Crippen LogP contribution in [0.25, 0.3) is 6.08 Å². The minimum Gasteiger partial charge on any atom is -0.444 e. The Morgan fingerprint density at radius 2 is 1.94 bits per heavy atom. The van der Waals surface area contributed by atoms with Crippen molar-refractivity contribution in [2.75, 3.05) is 5.32 Å². The normalized spacial score (nSPS) is 11.3. The van der Waals surface area contributed by atoms with Crippen molar-refractivity contribution in [3.05, 3.63) is 24.0 Å². The van der Waals surface area contributed by atoms with Crippen LogP contribution in [0.5, 0.6) is 0 Å². The Morgan fingerprint density at radius 3 is 2.44 bits per heavy atom. The Labute approximate surface area is 105 Å². The first-order valence-corrected chi connectivity index (χ1v) is 5.34. The molecule has 1 rings (SSSR count). The quantitative estimate of drug-likeness (QED) is 0.654. The van der Waals surface area contributed by atoms with Gasteiger partial charge < -0.3 is 4.74 Å². The standard InChI is InChI=1S/C12H15N3O3/c1-12(2,3)18-11(17)15-10-13-7-9(8-14-10)5-4-6-16/h4-8H,1-3H3,(H,13,14,15,17)/b5-4+. The van der Waals surface area contributed by atoms with E-state index >= 15 is 0 Å². The van der Waals surface area contributed by atoms with Crippen LogP contribution in [-0.4, -0.2) is 27.9 Å². The topological polar surface area (TPSA) is 81.2 Å². The summed E-state index contributed by atoms with van der Waals surface area (Å²) in [5.41, 5.74) is 0.0910. The number of carbonyl (C=O) groups excluding carboxylic acids is 2. The van der Waals surface area contributed by atoms with Crippen LogP contribution in [0.4, 0.5) is 10.7 Å². The molecule has 1 heterocycles. The lowest BCUT2D eigenvalue weighted by molar-refractivity contribution is -0.104. The van der Waals surface area contributed by atoms with E-state index in [1.807, 2.05) is 0 Å². The van der Waals surface area contributed by atoms with Gasteiger partial charge in [-0.2, -0.15) is 0 Å². The fourth-order valence-electron chi connectivity index (χ4n) is 1.03. The molecule has 0 unspecified atom stereocenters. The molecule has 0 spiro atoms. The zero-order chi connectivity index (χ0) is 13.6. The van der Waals surface area contributed by atoms with Crippen LogP contribution >= 0.6 is 0 Å². The molecule has 0 aliphatic carbocycles. The average molecular weight is 249 g/mol. The van der Waals surface area contributed by atoms with Crippen LogP contribution in [0.1, 0.15) is 26.3 Å². The highest BCUT2D eigenvalue weighted by atomic mass is 16.6. The molecule has 1 amide bonds. The monoisotopic (exact) mass is 249 g/mol. The van der Waals surface area contributed by atoms with Crippen LogP contribution in [0.3, 0.4) is 0 Å². The maximum atomic E-state index is 11.4. The van der Waals surface area contributed by atoms with Gasteiger partial charge in [-0.15, -0.1) is 0 Å². The van der Waals surface area contributed by atoms with E-state index in [1.54, 1.807) is 26.8 Å². The summed E-state index contributed by atoms with van der Waals surface area (Å²) in [6.45, 7) is 5.29. The van der Waals surface area contributed by atoms with Gasteiger partial charge in [0.1, 0.15) is 11.9 Å². The number of amides is 1. The van der Waals surface area contributed by atoms with Crippen molar-refractivity contribution < 1.29 is 14.3 Å². The number of hydrogen-bond acceptors (Lipinski definition) is 5. The molecule has 0 aliphatic rings. The number of ether oxygens (including phenoxy) is 1. The van der Waals surface area contributed by atoms with Crippen molar-refractivity contribution in [2.45, 2.75) is 26.4 Å². The average Bonchev–Trinajstić information content (AvgIpc) is 2.25. The zero-order valence-corrected chi connectivity index (χ0v) is 10.5. The van der Waals surface area contributed by atoms with Crippen LogP contribution in [0, 0.1) is 0 Å². The Morgan fingerprint density at radius 1 is 1.33 bits per heavy atom. The Hall–Kier alpha value is -2.24. The van der Waals surface area contributed by atoms with Gasteiger partial charge in [-0.25, -0.2) is 14.8 Å². The first-order chi connectivity index (χ1) is 8.40. The van der Waals surface area contributed by atoms with Crippen LogP contribution in [0.15, 0.2) is 18.5 Å². The summed E-state index contributed by atoms with van der Waals surface area (Å²) in [6, 6.07) is 0. The van der Waals surface area contributed by atoms with Crippen LogP contribution in [0.2, 0.25) is 0 Å². The van der Waals surface area contributed by atoms with E-state index < -0.39 is 11.7 Å². The van der Waals surface area contributed by atoms with Gasteiger partial charge in [-0.1, -0.05) is 0 Å². The summed E-state index contributed by atoms with van der Waals surface area (Å²) in [7, 11) is 0. The van der Waals surface area contributed by atoms with Gasteiger partial charge in [0.15, 0.2) is 0 Å². The fourth-order valence-corrected chi connectivity index (χ4v) is 1.03. The third kappa shape index (κ3) is 5.20. The minimum atomic E-state index is -0.612. The fraction of sp³-hybridized carbons (Fsp3) is 0.333. The number of hydrogen-bond donors (Lipinski definition) is 1. The Bertz CT molecular complexity index is 447. The number of nitrogens with zero attached hydrogens (tertiary/aromatic N) is 2. The summed E-state index contributed by atoms with van der Waals surface area (Å²) in [5.74, 6) is 0.146. The van der Waals surface area contributed by atoms with Crippen LogP contribution in [-0.2, 0) is 9.53 Å². The largest absolute Gasteiger partial charge is 0.444 e. The molecule has 0 atom stereocenters. The van der Waals surface area contributed by atoms with E-state index in [2.05, 4.69) is 15.3 Å². The van der Waals surface area contributed by atoms with E-state index in [1.165, 1.54) is 18.5 Å². The molecule has 0 fully saturated rings. The number of aromatic nitrogens is 2. The Kier molecular flexibility index (Phi) is 4.53. The zero-order valence-electron chi connectivity index (χ0n) is 10.5. The second kappa shape index (κ2) is 5.90. The molecule has 1 aromatic heterocycles. The number of carbonyl (C=O) groups is 2. The molecule has 0 saturated heterocycles. The van der Waals surface area contributed by atoms with Crippen LogP contribution < -0.4 is 5.32 Å². The first-order valence-electron chi connectivity index (χ1n) is 5.34. The van der Waals surface area contributed by atoms with E-state index in [0.29, 0.717) is 11.8 Å². The van der Waals surface area contributed by atoms with Gasteiger partial charge in [0.2, 0.25) is 5.95 Å². The smallest absolute Gasteiger partial charge is 0.414 e. The van der Waals surface area contributed by atoms with Gasteiger partial charge in [0, 0.05) is 18.0 Å². The number of nitrogens with one attached hydrogen (secondary N) is 1. The molecular formula is C12H15N3O3. The molecule has 18 heavy (non-hydrogen) atoms. The molecule has 6 heteroatoms. The second-order valence-electron chi connectivity index (χ2n) is 4.46. The number of aldehydes is 1. The van der Waals surface area contributed by atoms with Gasteiger partial charge >= 0.3 is 6.09 Å². The Balaban J connectivity index is 2.61. The molecule has 0 radical (unpaired) electrons. The maximum Gasteiger partial charge on any atom is 0.414 e. The lowest BCUT2D eigenvalue weighted by atomic mass is 10.2. The second-order valence-corrected chi connectivity index (χ2v) is 4.46. The summed E-state index contributed by atoms with van der Waals surface area (Å²) < 4.78 is 5.05. The molecule has 0 aromatic carbocycles. The van der Waals surface area contributed by atoms with Crippen molar-refractivity contribution in [1.29, 1.82) is 0 Å². The molecule has 1 aromatic rings. The summed E-state index contributed by atoms with van der Waals surface area (Å²) in [5, 5.41) is 2.40. The first kappa shape index (κ1) is 13.8. The predicted octanol–water partition coefficient (Wildman–Crippen LogP) is 2.04. The molecule has 1 N–H and O–H groups in total. The van der Waals surface area contributed by atoms with E-state index in [0.717, 1.165) is 0 Å². The highest BCUT2D eigenvalue weighted by Crippen LogP contribution is 2.09. The van der Waals surface area contributed by atoms with Gasteiger partial charge in [-0.3, -0.25) is 10.1 Å². The van der Waals surface area contributed by atoms with E-state index in [9.17, 15) is 9.59 Å². The lowest BCUT2D eigenvalue weighted by Gasteiger charge is -2.19. The van der Waals surface area contributed by atoms with Crippen molar-refractivity contribution in [2.24, 2.45) is 0 Å². The molecule has 0 saturated carbocycles. The van der Waals surface area contributed by atoms with Crippen molar-refractivity contribution in [1.82, 2.24) is 9.97 Å². The summed E-state index contributed by atoms with van der Waals surface area (Å²) in [4.78, 5) is 29.4. The van der Waals surface area contributed by atoms with Crippen molar-refractivity contribution in [3.63, 3.8) is 0 Å². The summed E-state index contributed by atoms with van der Waals surface area (Å²) in [6.07, 6.45) is 5.91. The summed E-state index contributed by atoms with van der Waals surface area (Å²) >= 11 is 0. The third-order valence-electron chi connectivity index (χ3n) is 1.65. The molecular weight excluding hydrogens is 234 g/mol. The van der Waals surface area contributed by atoms with Crippen molar-refractivity contribution >= 4 is 24.4 Å². The highest BCUT2D eigenvalue weighted by Gasteiger charge is 2.16. The third-order valence-corrected chi connectivity index (χ3v) is 1.65. The lowest BCUT2D eigenvalue weighted by Crippen LogP contribution is -2.27. The maximum absolute atomic E-state index is 11.4. The molecule has 0 aliphatic heterocycles. The molecule has 0 bridgehead atoms. The van der Waals surface area contributed by atoms with E-state index in [4.69, 9.17) is 4.74 Å². The number of anilines is 1. The number of rotatable bonds is 3. The number of allylic oxidation sites excluding steroid dienone is 1.